The van der Waals surface area contributed by atoms with Crippen LogP contribution in [0.15, 0.2) is 12.1 Å². The summed E-state index contributed by atoms with van der Waals surface area (Å²) in [5.74, 6) is 0.812. The number of hydrogen-bond donors (Lipinski definition) is 0. The van der Waals surface area contributed by atoms with Crippen molar-refractivity contribution in [3.8, 4) is 0 Å². The minimum absolute atomic E-state index is 0.228. The van der Waals surface area contributed by atoms with E-state index < -0.39 is 0 Å². The van der Waals surface area contributed by atoms with Crippen molar-refractivity contribution in [3.63, 3.8) is 0 Å². The first-order valence-corrected chi connectivity index (χ1v) is 5.94. The third kappa shape index (κ3) is 2.70. The number of hydrogen-bond acceptors (Lipinski definition) is 0. The summed E-state index contributed by atoms with van der Waals surface area (Å²) in [6, 6.07) is 3.46. The summed E-state index contributed by atoms with van der Waals surface area (Å²) in [4.78, 5) is 0. The third-order valence-electron chi connectivity index (χ3n) is 2.11. The van der Waals surface area contributed by atoms with Gasteiger partial charge >= 0.3 is 0 Å². The zero-order valence-corrected chi connectivity index (χ0v) is 10.7. The first kappa shape index (κ1) is 12.4. The van der Waals surface area contributed by atoms with Gasteiger partial charge in [0.2, 0.25) is 0 Å². The molecule has 1 rings (SSSR count). The minimum atomic E-state index is 0.228. The van der Waals surface area contributed by atoms with Gasteiger partial charge < -0.3 is 0 Å². The molecule has 4 heteroatoms. The number of benzene rings is 1. The summed E-state index contributed by atoms with van der Waals surface area (Å²) in [7, 11) is 0. The maximum Gasteiger partial charge on any atom is 0.0641 e. The van der Waals surface area contributed by atoms with Crippen LogP contribution in [0, 0.1) is 0 Å². The summed E-state index contributed by atoms with van der Waals surface area (Å²) >= 11 is 23.7. The van der Waals surface area contributed by atoms with Crippen molar-refractivity contribution in [1.29, 1.82) is 0 Å². The lowest BCUT2D eigenvalue weighted by Crippen LogP contribution is -1.97. The van der Waals surface area contributed by atoms with Gasteiger partial charge in [-0.05, 0) is 30.0 Å². The lowest BCUT2D eigenvalue weighted by atomic mass is 9.98. The largest absolute Gasteiger partial charge is 0.127 e. The zero-order valence-electron chi connectivity index (χ0n) is 7.66. The van der Waals surface area contributed by atoms with Crippen LogP contribution in [0.3, 0.4) is 0 Å². The molecule has 1 aromatic rings. The second-order valence-corrected chi connectivity index (χ2v) is 4.71. The number of rotatable bonds is 3. The standard InChI is InChI=1S/C10H10Cl4/c1-6(4-5-11)9-7(12)2-3-8(13)10(9)14/h2-3,6H,4-5H2,1H3. The van der Waals surface area contributed by atoms with Crippen LogP contribution < -0.4 is 0 Å². The molecule has 0 nitrogen and oxygen atoms in total. The van der Waals surface area contributed by atoms with Gasteiger partial charge in [-0.15, -0.1) is 11.6 Å². The van der Waals surface area contributed by atoms with E-state index in [1.807, 2.05) is 6.92 Å². The molecular weight excluding hydrogens is 262 g/mol. The molecule has 1 atom stereocenters. The topological polar surface area (TPSA) is 0 Å². The molecule has 0 fully saturated rings. The maximum absolute atomic E-state index is 6.07. The summed E-state index contributed by atoms with van der Waals surface area (Å²) in [6.07, 6.45) is 0.835. The van der Waals surface area contributed by atoms with E-state index in [4.69, 9.17) is 46.4 Å². The fourth-order valence-electron chi connectivity index (χ4n) is 1.30. The summed E-state index contributed by atoms with van der Waals surface area (Å²) in [5.41, 5.74) is 0.890. The fraction of sp³-hybridized carbons (Fsp3) is 0.400. The molecular formula is C10H10Cl4. The van der Waals surface area contributed by atoms with E-state index in [0.29, 0.717) is 20.9 Å². The molecule has 0 aliphatic carbocycles. The van der Waals surface area contributed by atoms with Crippen LogP contribution in [0.4, 0.5) is 0 Å². The second kappa shape index (κ2) is 5.46. The molecule has 0 aliphatic heterocycles. The highest BCUT2D eigenvalue weighted by atomic mass is 35.5. The molecule has 0 bridgehead atoms. The first-order chi connectivity index (χ1) is 6.57. The Balaban J connectivity index is 3.11. The Hall–Kier alpha value is 0.380. The SMILES string of the molecule is CC(CCCl)c1c(Cl)ccc(Cl)c1Cl. The fourth-order valence-corrected chi connectivity index (χ4v) is 2.54. The van der Waals surface area contributed by atoms with Gasteiger partial charge in [0, 0.05) is 10.9 Å². The van der Waals surface area contributed by atoms with Crippen LogP contribution in [-0.4, -0.2) is 5.88 Å². The quantitative estimate of drug-likeness (QED) is 0.512. The minimum Gasteiger partial charge on any atom is -0.127 e. The van der Waals surface area contributed by atoms with Crippen molar-refractivity contribution >= 4 is 46.4 Å². The second-order valence-electron chi connectivity index (χ2n) is 3.14. The van der Waals surface area contributed by atoms with E-state index in [9.17, 15) is 0 Å². The van der Waals surface area contributed by atoms with Crippen molar-refractivity contribution in [1.82, 2.24) is 0 Å². The molecule has 0 amide bonds. The van der Waals surface area contributed by atoms with E-state index >= 15 is 0 Å². The molecule has 14 heavy (non-hydrogen) atoms. The van der Waals surface area contributed by atoms with E-state index in [1.54, 1.807) is 12.1 Å². The van der Waals surface area contributed by atoms with Crippen molar-refractivity contribution in [2.24, 2.45) is 0 Å². The summed E-state index contributed by atoms with van der Waals surface area (Å²) in [6.45, 7) is 2.03. The van der Waals surface area contributed by atoms with Gasteiger partial charge in [-0.3, -0.25) is 0 Å². The van der Waals surface area contributed by atoms with E-state index in [2.05, 4.69) is 0 Å². The summed E-state index contributed by atoms with van der Waals surface area (Å²) in [5, 5.41) is 1.72. The van der Waals surface area contributed by atoms with Crippen LogP contribution in [0.25, 0.3) is 0 Å². The van der Waals surface area contributed by atoms with E-state index in [0.717, 1.165) is 12.0 Å². The highest BCUT2D eigenvalue weighted by Crippen LogP contribution is 2.37. The van der Waals surface area contributed by atoms with Gasteiger partial charge in [-0.2, -0.15) is 0 Å². The Bertz CT molecular complexity index is 322. The van der Waals surface area contributed by atoms with E-state index in [-0.39, 0.29) is 5.92 Å². The van der Waals surface area contributed by atoms with Crippen LogP contribution in [-0.2, 0) is 0 Å². The first-order valence-electron chi connectivity index (χ1n) is 4.27. The molecule has 0 spiro atoms. The predicted octanol–water partition coefficient (Wildman–Crippen LogP) is 5.38. The molecule has 0 aliphatic rings. The van der Waals surface area contributed by atoms with Gasteiger partial charge in [0.15, 0.2) is 0 Å². The lowest BCUT2D eigenvalue weighted by Gasteiger charge is -2.14. The molecule has 0 radical (unpaired) electrons. The third-order valence-corrected chi connectivity index (χ3v) is 3.48. The van der Waals surface area contributed by atoms with E-state index in [1.165, 1.54) is 0 Å². The Kier molecular flexibility index (Phi) is 4.86. The van der Waals surface area contributed by atoms with Crippen LogP contribution >= 0.6 is 46.4 Å². The van der Waals surface area contributed by atoms with Crippen molar-refractivity contribution in [2.45, 2.75) is 19.3 Å². The Morgan fingerprint density at radius 1 is 1.14 bits per heavy atom. The van der Waals surface area contributed by atoms with Crippen LogP contribution in [0.5, 0.6) is 0 Å². The predicted molar refractivity (Wildman–Crippen MR) is 65.2 cm³/mol. The number of halogens is 4. The highest BCUT2D eigenvalue weighted by molar-refractivity contribution is 6.44. The van der Waals surface area contributed by atoms with Gasteiger partial charge in [-0.25, -0.2) is 0 Å². The highest BCUT2D eigenvalue weighted by Gasteiger charge is 2.15. The van der Waals surface area contributed by atoms with Gasteiger partial charge in [-0.1, -0.05) is 41.7 Å². The molecule has 0 N–H and O–H groups in total. The van der Waals surface area contributed by atoms with Crippen molar-refractivity contribution in [2.75, 3.05) is 5.88 Å². The normalized spacial score (nSPS) is 12.9. The maximum atomic E-state index is 6.07. The zero-order chi connectivity index (χ0) is 10.7. The molecule has 1 aromatic carbocycles. The Morgan fingerprint density at radius 3 is 2.29 bits per heavy atom. The molecule has 0 saturated heterocycles. The average Bonchev–Trinajstić information content (AvgIpc) is 2.13. The van der Waals surface area contributed by atoms with Crippen LogP contribution in [0.1, 0.15) is 24.8 Å². The van der Waals surface area contributed by atoms with Crippen molar-refractivity contribution in [3.05, 3.63) is 32.8 Å². The molecule has 78 valence electrons. The van der Waals surface area contributed by atoms with Crippen LogP contribution in [0.2, 0.25) is 15.1 Å². The molecule has 0 aromatic heterocycles. The monoisotopic (exact) mass is 270 g/mol. The van der Waals surface area contributed by atoms with Crippen molar-refractivity contribution < 1.29 is 0 Å². The smallest absolute Gasteiger partial charge is 0.0641 e. The van der Waals surface area contributed by atoms with Gasteiger partial charge in [0.05, 0.1) is 10.0 Å². The number of alkyl halides is 1. The van der Waals surface area contributed by atoms with Gasteiger partial charge in [0.1, 0.15) is 0 Å². The average molecular weight is 272 g/mol. The molecule has 0 heterocycles. The lowest BCUT2D eigenvalue weighted by molar-refractivity contribution is 0.739. The van der Waals surface area contributed by atoms with Gasteiger partial charge in [0.25, 0.3) is 0 Å². The summed E-state index contributed by atoms with van der Waals surface area (Å²) < 4.78 is 0. The molecule has 0 saturated carbocycles. The Morgan fingerprint density at radius 2 is 1.71 bits per heavy atom. The Labute approximate surface area is 104 Å². The molecule has 1 unspecified atom stereocenters.